The van der Waals surface area contributed by atoms with E-state index in [1.807, 2.05) is 0 Å². The summed E-state index contributed by atoms with van der Waals surface area (Å²) in [6.45, 7) is 0. The van der Waals surface area contributed by atoms with Crippen LogP contribution >= 0.6 is 0 Å². The van der Waals surface area contributed by atoms with E-state index in [2.05, 4.69) is 4.98 Å². The van der Waals surface area contributed by atoms with Crippen molar-refractivity contribution in [3.05, 3.63) is 29.6 Å². The van der Waals surface area contributed by atoms with Crippen molar-refractivity contribution in [2.24, 2.45) is 0 Å². The molecule has 0 fully saturated rings. The van der Waals surface area contributed by atoms with Crippen molar-refractivity contribution >= 4 is 5.97 Å². The SMILES string of the molecule is O=C(O)CC(F)(F)c1ccncc1C(F)(F)F. The topological polar surface area (TPSA) is 50.2 Å². The number of aliphatic carboxylic acids is 1. The monoisotopic (exact) mass is 255 g/mol. The van der Waals surface area contributed by atoms with Crippen LogP contribution in [0, 0.1) is 0 Å². The number of hydrogen-bond donors (Lipinski definition) is 1. The summed E-state index contributed by atoms with van der Waals surface area (Å²) in [4.78, 5) is 13.3. The minimum absolute atomic E-state index is 0.241. The summed E-state index contributed by atoms with van der Waals surface area (Å²) in [5, 5.41) is 8.23. The van der Waals surface area contributed by atoms with E-state index >= 15 is 0 Å². The number of halogens is 5. The highest BCUT2D eigenvalue weighted by Gasteiger charge is 2.44. The minimum atomic E-state index is -5.01. The molecule has 0 radical (unpaired) electrons. The van der Waals surface area contributed by atoms with E-state index in [0.29, 0.717) is 6.07 Å². The van der Waals surface area contributed by atoms with E-state index in [1.54, 1.807) is 0 Å². The molecule has 0 unspecified atom stereocenters. The molecule has 0 saturated heterocycles. The zero-order valence-corrected chi connectivity index (χ0v) is 8.13. The number of aromatic nitrogens is 1. The summed E-state index contributed by atoms with van der Waals surface area (Å²) in [7, 11) is 0. The molecular weight excluding hydrogens is 249 g/mol. The highest BCUT2D eigenvalue weighted by molar-refractivity contribution is 5.68. The van der Waals surface area contributed by atoms with Crippen molar-refractivity contribution in [2.45, 2.75) is 18.5 Å². The number of carbonyl (C=O) groups is 1. The Balaban J connectivity index is 3.26. The van der Waals surface area contributed by atoms with E-state index in [0.717, 1.165) is 6.20 Å². The maximum Gasteiger partial charge on any atom is 0.418 e. The van der Waals surface area contributed by atoms with Gasteiger partial charge < -0.3 is 5.11 Å². The van der Waals surface area contributed by atoms with Gasteiger partial charge in [-0.2, -0.15) is 13.2 Å². The second-order valence-electron chi connectivity index (χ2n) is 3.19. The van der Waals surface area contributed by atoms with Crippen LogP contribution in [-0.4, -0.2) is 16.1 Å². The first kappa shape index (κ1) is 13.3. The predicted octanol–water partition coefficient (Wildman–Crippen LogP) is 2.67. The number of carboxylic acid groups (broad SMARTS) is 1. The van der Waals surface area contributed by atoms with Gasteiger partial charge in [0.15, 0.2) is 0 Å². The lowest BCUT2D eigenvalue weighted by atomic mass is 10.0. The zero-order chi connectivity index (χ0) is 13.3. The van der Waals surface area contributed by atoms with Crippen LogP contribution in [0.2, 0.25) is 0 Å². The summed E-state index contributed by atoms with van der Waals surface area (Å²) in [6.07, 6.45) is -5.73. The van der Waals surface area contributed by atoms with E-state index in [9.17, 15) is 26.7 Å². The Morgan fingerprint density at radius 2 is 1.82 bits per heavy atom. The maximum atomic E-state index is 13.3. The van der Waals surface area contributed by atoms with Gasteiger partial charge in [0.2, 0.25) is 0 Å². The molecule has 0 saturated carbocycles. The number of nitrogens with zero attached hydrogens (tertiary/aromatic N) is 1. The molecule has 1 N–H and O–H groups in total. The Morgan fingerprint density at radius 3 is 2.29 bits per heavy atom. The fourth-order valence-corrected chi connectivity index (χ4v) is 1.22. The fourth-order valence-electron chi connectivity index (χ4n) is 1.22. The van der Waals surface area contributed by atoms with Crippen molar-refractivity contribution in [2.75, 3.05) is 0 Å². The summed E-state index contributed by atoms with van der Waals surface area (Å²) in [5.41, 5.74) is -3.02. The van der Waals surface area contributed by atoms with Crippen LogP contribution in [-0.2, 0) is 16.9 Å². The van der Waals surface area contributed by atoms with E-state index in [-0.39, 0.29) is 6.20 Å². The smallest absolute Gasteiger partial charge is 0.418 e. The molecule has 0 amide bonds. The average molecular weight is 255 g/mol. The van der Waals surface area contributed by atoms with Crippen molar-refractivity contribution in [3.8, 4) is 0 Å². The molecule has 0 atom stereocenters. The number of carboxylic acids is 1. The van der Waals surface area contributed by atoms with E-state index < -0.39 is 35.6 Å². The lowest BCUT2D eigenvalue weighted by Gasteiger charge is -2.19. The number of rotatable bonds is 3. The van der Waals surface area contributed by atoms with E-state index in [1.165, 1.54) is 0 Å². The van der Waals surface area contributed by atoms with Gasteiger partial charge in [-0.3, -0.25) is 9.78 Å². The summed E-state index contributed by atoms with van der Waals surface area (Å²) < 4.78 is 63.8. The Hall–Kier alpha value is -1.73. The molecule has 0 spiro atoms. The Bertz CT molecular complexity index is 430. The normalized spacial score (nSPS) is 12.5. The molecule has 0 aliphatic rings. The highest BCUT2D eigenvalue weighted by Crippen LogP contribution is 2.40. The third kappa shape index (κ3) is 3.11. The van der Waals surface area contributed by atoms with Gasteiger partial charge in [0.1, 0.15) is 6.42 Å². The molecule has 0 bridgehead atoms. The van der Waals surface area contributed by atoms with Crippen LogP contribution in [0.15, 0.2) is 18.5 Å². The second kappa shape index (κ2) is 4.27. The van der Waals surface area contributed by atoms with Gasteiger partial charge >= 0.3 is 12.1 Å². The zero-order valence-electron chi connectivity index (χ0n) is 8.13. The van der Waals surface area contributed by atoms with Gasteiger partial charge in [-0.05, 0) is 6.07 Å². The number of alkyl halides is 5. The van der Waals surface area contributed by atoms with Crippen molar-refractivity contribution in [3.63, 3.8) is 0 Å². The summed E-state index contributed by atoms with van der Waals surface area (Å²) in [5.74, 6) is -5.99. The lowest BCUT2D eigenvalue weighted by molar-refractivity contribution is -0.151. The third-order valence-corrected chi connectivity index (χ3v) is 1.89. The van der Waals surface area contributed by atoms with Gasteiger partial charge in [0.05, 0.1) is 5.56 Å². The predicted molar refractivity (Wildman–Crippen MR) is 45.4 cm³/mol. The highest BCUT2D eigenvalue weighted by atomic mass is 19.4. The standard InChI is InChI=1S/C9H6F5NO2/c10-8(11,3-7(16)17)5-1-2-15-4-6(5)9(12,13)14/h1-2,4H,3H2,(H,16,17). The van der Waals surface area contributed by atoms with Crippen molar-refractivity contribution < 1.29 is 31.9 Å². The van der Waals surface area contributed by atoms with Gasteiger partial charge in [0, 0.05) is 18.0 Å². The molecule has 94 valence electrons. The third-order valence-electron chi connectivity index (χ3n) is 1.89. The van der Waals surface area contributed by atoms with Crippen LogP contribution in [0.3, 0.4) is 0 Å². The van der Waals surface area contributed by atoms with Gasteiger partial charge in [-0.15, -0.1) is 0 Å². The second-order valence-corrected chi connectivity index (χ2v) is 3.19. The fraction of sp³-hybridized carbons (Fsp3) is 0.333. The van der Waals surface area contributed by atoms with Gasteiger partial charge in [-0.25, -0.2) is 8.78 Å². The molecule has 0 aromatic carbocycles. The number of pyridine rings is 1. The molecule has 0 aliphatic heterocycles. The van der Waals surface area contributed by atoms with Gasteiger partial charge in [0.25, 0.3) is 5.92 Å². The molecule has 1 rings (SSSR count). The van der Waals surface area contributed by atoms with Crippen LogP contribution in [0.25, 0.3) is 0 Å². The van der Waals surface area contributed by atoms with Crippen molar-refractivity contribution in [1.29, 1.82) is 0 Å². The molecule has 0 aliphatic carbocycles. The molecule has 1 aromatic heterocycles. The first-order valence-electron chi connectivity index (χ1n) is 4.26. The molecule has 1 heterocycles. The summed E-state index contributed by atoms with van der Waals surface area (Å²) in [6, 6.07) is 0.464. The average Bonchev–Trinajstić information content (AvgIpc) is 2.14. The van der Waals surface area contributed by atoms with Crippen molar-refractivity contribution in [1.82, 2.24) is 4.98 Å². The van der Waals surface area contributed by atoms with Crippen LogP contribution in [0.4, 0.5) is 22.0 Å². The molecular formula is C9H6F5NO2. The lowest BCUT2D eigenvalue weighted by Crippen LogP contribution is -2.23. The Labute approximate surface area is 91.9 Å². The van der Waals surface area contributed by atoms with Crippen LogP contribution in [0.1, 0.15) is 17.5 Å². The summed E-state index contributed by atoms with van der Waals surface area (Å²) >= 11 is 0. The van der Waals surface area contributed by atoms with Crippen LogP contribution < -0.4 is 0 Å². The molecule has 1 aromatic rings. The Kier molecular flexibility index (Phi) is 3.35. The quantitative estimate of drug-likeness (QED) is 0.845. The van der Waals surface area contributed by atoms with Crippen LogP contribution in [0.5, 0.6) is 0 Å². The molecule has 3 nitrogen and oxygen atoms in total. The van der Waals surface area contributed by atoms with Gasteiger partial charge in [-0.1, -0.05) is 0 Å². The molecule has 17 heavy (non-hydrogen) atoms. The first-order valence-corrected chi connectivity index (χ1v) is 4.26. The number of hydrogen-bond acceptors (Lipinski definition) is 2. The maximum absolute atomic E-state index is 13.3. The van der Waals surface area contributed by atoms with E-state index in [4.69, 9.17) is 5.11 Å². The molecule has 8 heteroatoms. The Morgan fingerprint density at radius 1 is 1.24 bits per heavy atom. The largest absolute Gasteiger partial charge is 0.481 e. The first-order chi connectivity index (χ1) is 7.64. The minimum Gasteiger partial charge on any atom is -0.481 e.